The Morgan fingerprint density at radius 1 is 1.38 bits per heavy atom. The van der Waals surface area contributed by atoms with Gasteiger partial charge in [0.25, 0.3) is 0 Å². The fraction of sp³-hybridized carbons (Fsp3) is 0.789. The quantitative estimate of drug-likeness (QED) is 0.780. The number of carbonyl (C=O) groups excluding carboxylic acids is 1. The molecule has 2 atom stereocenters. The molecule has 7 nitrogen and oxygen atoms in total. The molecule has 0 aliphatic carbocycles. The molecule has 146 valence electrons. The first-order chi connectivity index (χ1) is 12.4. The van der Waals surface area contributed by atoms with Crippen LogP contribution < -0.4 is 10.6 Å². The zero-order chi connectivity index (χ0) is 18.7. The Bertz CT molecular complexity index is 607. The smallest absolute Gasteiger partial charge is 0.225 e. The van der Waals surface area contributed by atoms with Gasteiger partial charge >= 0.3 is 0 Å². The summed E-state index contributed by atoms with van der Waals surface area (Å²) < 4.78 is 7.26. The zero-order valence-electron chi connectivity index (χ0n) is 16.5. The van der Waals surface area contributed by atoms with Crippen molar-refractivity contribution < 1.29 is 9.53 Å². The summed E-state index contributed by atoms with van der Waals surface area (Å²) in [7, 11) is 3.70. The Labute approximate surface area is 156 Å². The van der Waals surface area contributed by atoms with E-state index in [4.69, 9.17) is 4.74 Å². The number of methoxy groups -OCH3 is 1. The fourth-order valence-electron chi connectivity index (χ4n) is 4.18. The highest BCUT2D eigenvalue weighted by molar-refractivity contribution is 5.80. The van der Waals surface area contributed by atoms with Crippen molar-refractivity contribution in [2.24, 2.45) is 13.0 Å². The second-order valence-corrected chi connectivity index (χ2v) is 8.27. The third kappa shape index (κ3) is 4.27. The molecule has 7 heteroatoms. The maximum atomic E-state index is 12.8. The Balaban J connectivity index is 1.54. The lowest BCUT2D eigenvalue weighted by Gasteiger charge is -2.43. The topological polar surface area (TPSA) is 71.4 Å². The van der Waals surface area contributed by atoms with Gasteiger partial charge in [0, 0.05) is 64.5 Å². The first-order valence-electron chi connectivity index (χ1n) is 9.65. The van der Waals surface area contributed by atoms with E-state index < -0.39 is 0 Å². The summed E-state index contributed by atoms with van der Waals surface area (Å²) >= 11 is 0. The number of aryl methyl sites for hydroxylation is 1. The monoisotopic (exact) mass is 363 g/mol. The van der Waals surface area contributed by atoms with E-state index >= 15 is 0 Å². The maximum Gasteiger partial charge on any atom is 0.225 e. The highest BCUT2D eigenvalue weighted by atomic mass is 16.5. The minimum atomic E-state index is -0.0514. The van der Waals surface area contributed by atoms with E-state index in [1.165, 1.54) is 0 Å². The molecule has 2 N–H and O–H groups in total. The van der Waals surface area contributed by atoms with Crippen LogP contribution in [0, 0.1) is 5.92 Å². The van der Waals surface area contributed by atoms with Crippen LogP contribution in [-0.4, -0.2) is 72.1 Å². The largest absolute Gasteiger partial charge is 0.381 e. The molecule has 26 heavy (non-hydrogen) atoms. The van der Waals surface area contributed by atoms with Gasteiger partial charge in [-0.1, -0.05) is 0 Å². The van der Waals surface area contributed by atoms with Crippen molar-refractivity contribution in [3.63, 3.8) is 0 Å². The predicted octanol–water partition coefficient (Wildman–Crippen LogP) is 0.729. The highest BCUT2D eigenvalue weighted by Crippen LogP contribution is 2.28. The molecule has 2 aliphatic rings. The third-order valence-electron chi connectivity index (χ3n) is 6.03. The molecule has 0 bridgehead atoms. The van der Waals surface area contributed by atoms with Crippen LogP contribution in [0.1, 0.15) is 38.2 Å². The molecule has 2 aliphatic heterocycles. The lowest BCUT2D eigenvalue weighted by Crippen LogP contribution is -2.55. The van der Waals surface area contributed by atoms with E-state index in [9.17, 15) is 4.79 Å². The number of hydrogen-bond acceptors (Lipinski definition) is 5. The second-order valence-electron chi connectivity index (χ2n) is 8.27. The minimum Gasteiger partial charge on any atom is -0.381 e. The Hall–Kier alpha value is -1.44. The molecule has 0 radical (unpaired) electrons. The first-order valence-corrected chi connectivity index (χ1v) is 9.65. The van der Waals surface area contributed by atoms with E-state index in [0.29, 0.717) is 12.6 Å². The number of amides is 1. The van der Waals surface area contributed by atoms with Crippen molar-refractivity contribution in [2.75, 3.05) is 39.8 Å². The standard InChI is InChI=1S/C19H33N5O2/c1-19(2,24-7-5-15(26-4)6-8-24)13-21-18(25)17-11-20-10-16(17)14-9-22-23(3)12-14/h9,12,15-17,20H,5-8,10-11,13H2,1-4H3,(H,21,25)/t16-,17+/m1/s1. The van der Waals surface area contributed by atoms with E-state index in [0.717, 1.165) is 44.6 Å². The highest BCUT2D eigenvalue weighted by Gasteiger charge is 2.36. The average molecular weight is 364 g/mol. The van der Waals surface area contributed by atoms with Gasteiger partial charge in [0.05, 0.1) is 18.2 Å². The Kier molecular flexibility index (Phi) is 5.99. The third-order valence-corrected chi connectivity index (χ3v) is 6.03. The molecule has 3 heterocycles. The number of aromatic nitrogens is 2. The number of carbonyl (C=O) groups is 1. The lowest BCUT2D eigenvalue weighted by molar-refractivity contribution is -0.125. The summed E-state index contributed by atoms with van der Waals surface area (Å²) in [6.45, 7) is 8.69. The molecule has 1 aromatic heterocycles. The van der Waals surface area contributed by atoms with Gasteiger partial charge in [0.2, 0.25) is 5.91 Å². The van der Waals surface area contributed by atoms with Crippen molar-refractivity contribution in [1.29, 1.82) is 0 Å². The molecule has 3 rings (SSSR count). The number of hydrogen-bond donors (Lipinski definition) is 2. The van der Waals surface area contributed by atoms with Crippen LogP contribution in [0.4, 0.5) is 0 Å². The van der Waals surface area contributed by atoms with E-state index in [1.54, 1.807) is 11.8 Å². The second kappa shape index (κ2) is 8.06. The fourth-order valence-corrected chi connectivity index (χ4v) is 4.18. The van der Waals surface area contributed by atoms with Crippen LogP contribution in [-0.2, 0) is 16.6 Å². The van der Waals surface area contributed by atoms with Crippen molar-refractivity contribution in [3.8, 4) is 0 Å². The predicted molar refractivity (Wildman–Crippen MR) is 101 cm³/mol. The number of piperidine rings is 1. The maximum absolute atomic E-state index is 12.8. The summed E-state index contributed by atoms with van der Waals surface area (Å²) in [6.07, 6.45) is 6.39. The summed E-state index contributed by atoms with van der Waals surface area (Å²) in [4.78, 5) is 15.3. The number of likely N-dealkylation sites (tertiary alicyclic amines) is 1. The van der Waals surface area contributed by atoms with Crippen LogP contribution in [0.3, 0.4) is 0 Å². The molecular weight excluding hydrogens is 330 g/mol. The van der Waals surface area contributed by atoms with E-state index in [1.807, 2.05) is 19.4 Å². The molecule has 0 saturated carbocycles. The number of nitrogens with one attached hydrogen (secondary N) is 2. The average Bonchev–Trinajstić information content (AvgIpc) is 3.28. The van der Waals surface area contributed by atoms with Crippen LogP contribution in [0.15, 0.2) is 12.4 Å². The Morgan fingerprint density at radius 3 is 2.73 bits per heavy atom. The van der Waals surface area contributed by atoms with Crippen LogP contribution in [0.2, 0.25) is 0 Å². The molecule has 0 unspecified atom stereocenters. The minimum absolute atomic E-state index is 0.0331. The van der Waals surface area contributed by atoms with Gasteiger partial charge in [-0.15, -0.1) is 0 Å². The van der Waals surface area contributed by atoms with Gasteiger partial charge in [-0.2, -0.15) is 5.10 Å². The summed E-state index contributed by atoms with van der Waals surface area (Å²) in [5.41, 5.74) is 1.09. The Morgan fingerprint density at radius 2 is 2.12 bits per heavy atom. The lowest BCUT2D eigenvalue weighted by atomic mass is 9.90. The van der Waals surface area contributed by atoms with Crippen LogP contribution in [0.5, 0.6) is 0 Å². The van der Waals surface area contributed by atoms with Gasteiger partial charge in [-0.05, 0) is 32.3 Å². The summed E-state index contributed by atoms with van der Waals surface area (Å²) in [5.74, 6) is 0.308. The molecule has 2 saturated heterocycles. The number of nitrogens with zero attached hydrogens (tertiary/aromatic N) is 3. The van der Waals surface area contributed by atoms with Gasteiger partial charge in [-0.3, -0.25) is 14.4 Å². The SMILES string of the molecule is COC1CCN(C(C)(C)CNC(=O)[C@H]2CNC[C@@H]2c2cnn(C)c2)CC1. The summed E-state index contributed by atoms with van der Waals surface area (Å²) in [6, 6.07) is 0. The molecule has 1 aromatic rings. The van der Waals surface area contributed by atoms with Gasteiger partial charge < -0.3 is 15.4 Å². The molecule has 2 fully saturated rings. The number of rotatable bonds is 6. The van der Waals surface area contributed by atoms with Crippen molar-refractivity contribution in [3.05, 3.63) is 18.0 Å². The molecule has 1 amide bonds. The van der Waals surface area contributed by atoms with E-state index in [-0.39, 0.29) is 23.3 Å². The van der Waals surface area contributed by atoms with E-state index in [2.05, 4.69) is 34.5 Å². The first kappa shape index (κ1) is 19.3. The number of ether oxygens (including phenoxy) is 1. The zero-order valence-corrected chi connectivity index (χ0v) is 16.5. The van der Waals surface area contributed by atoms with Gasteiger partial charge in [-0.25, -0.2) is 0 Å². The van der Waals surface area contributed by atoms with Crippen molar-refractivity contribution >= 4 is 5.91 Å². The van der Waals surface area contributed by atoms with Crippen molar-refractivity contribution in [2.45, 2.75) is 44.2 Å². The molecular formula is C19H33N5O2. The van der Waals surface area contributed by atoms with Gasteiger partial charge in [0.1, 0.15) is 0 Å². The van der Waals surface area contributed by atoms with Gasteiger partial charge in [0.15, 0.2) is 0 Å². The van der Waals surface area contributed by atoms with Crippen LogP contribution >= 0.6 is 0 Å². The van der Waals surface area contributed by atoms with Crippen molar-refractivity contribution in [1.82, 2.24) is 25.3 Å². The molecule has 0 aromatic carbocycles. The van der Waals surface area contributed by atoms with Crippen LogP contribution in [0.25, 0.3) is 0 Å². The normalized spacial score (nSPS) is 25.5. The summed E-state index contributed by atoms with van der Waals surface area (Å²) in [5, 5.41) is 10.8. The molecule has 0 spiro atoms.